The van der Waals surface area contributed by atoms with Gasteiger partial charge >= 0.3 is 6.18 Å². The van der Waals surface area contributed by atoms with Gasteiger partial charge in [-0.05, 0) is 18.1 Å². The highest BCUT2D eigenvalue weighted by Gasteiger charge is 2.37. The molecule has 2 unspecified atom stereocenters. The van der Waals surface area contributed by atoms with E-state index < -0.39 is 11.7 Å². The van der Waals surface area contributed by atoms with Crippen LogP contribution in [-0.2, 0) is 6.18 Å². The predicted molar refractivity (Wildman–Crippen MR) is 46.8 cm³/mol. The second kappa shape index (κ2) is 2.98. The Hall–Kier alpha value is -1.03. The first-order chi connectivity index (χ1) is 6.48. The van der Waals surface area contributed by atoms with Gasteiger partial charge in [0, 0.05) is 12.0 Å². The van der Waals surface area contributed by atoms with Crippen molar-refractivity contribution in [2.75, 3.05) is 0 Å². The number of alkyl halides is 3. The summed E-state index contributed by atoms with van der Waals surface area (Å²) in [6.45, 7) is 0. The molecule has 0 bridgehead atoms. The summed E-state index contributed by atoms with van der Waals surface area (Å²) in [6, 6.07) is 5.45. The zero-order valence-corrected chi connectivity index (χ0v) is 7.38. The summed E-state index contributed by atoms with van der Waals surface area (Å²) in [6.07, 6.45) is -3.46. The van der Waals surface area contributed by atoms with Gasteiger partial charge in [-0.15, -0.1) is 0 Å². The maximum absolute atomic E-state index is 12.3. The molecular weight excluding hydrogens is 191 g/mol. The molecule has 2 rings (SSSR count). The maximum Gasteiger partial charge on any atom is 0.416 e. The molecule has 1 aromatic carbocycles. The minimum atomic E-state index is -4.25. The fraction of sp³-hybridized carbons (Fsp3) is 0.400. The number of rotatable bonds is 1. The van der Waals surface area contributed by atoms with E-state index in [9.17, 15) is 13.2 Å². The Labute approximate surface area is 79.7 Å². The van der Waals surface area contributed by atoms with Gasteiger partial charge in [-0.3, -0.25) is 0 Å². The number of nitrogens with two attached hydrogens (primary N) is 1. The lowest BCUT2D eigenvalue weighted by atomic mass is 10.1. The van der Waals surface area contributed by atoms with Crippen molar-refractivity contribution in [2.45, 2.75) is 24.6 Å². The monoisotopic (exact) mass is 201 g/mol. The molecule has 0 saturated heterocycles. The standard InChI is InChI=1S/C10H10F3N/c11-10(12,13)7-3-1-2-6(4-7)8-5-9(8)14/h1-4,8-9H,5,14H2. The molecule has 0 aliphatic heterocycles. The smallest absolute Gasteiger partial charge is 0.327 e. The van der Waals surface area contributed by atoms with Gasteiger partial charge in [-0.25, -0.2) is 0 Å². The highest BCUT2D eigenvalue weighted by Crippen LogP contribution is 2.40. The predicted octanol–water partition coefficient (Wildman–Crippen LogP) is 2.52. The average Bonchev–Trinajstić information content (AvgIpc) is 2.82. The van der Waals surface area contributed by atoms with Crippen LogP contribution in [0.3, 0.4) is 0 Å². The van der Waals surface area contributed by atoms with Crippen molar-refractivity contribution >= 4 is 0 Å². The highest BCUT2D eigenvalue weighted by molar-refractivity contribution is 5.32. The second-order valence-corrected chi connectivity index (χ2v) is 3.63. The van der Waals surface area contributed by atoms with Crippen molar-refractivity contribution in [2.24, 2.45) is 5.73 Å². The van der Waals surface area contributed by atoms with Crippen molar-refractivity contribution < 1.29 is 13.2 Å². The molecule has 1 fully saturated rings. The minimum absolute atomic E-state index is 0.0403. The van der Waals surface area contributed by atoms with Crippen LogP contribution in [0.5, 0.6) is 0 Å². The van der Waals surface area contributed by atoms with Gasteiger partial charge in [0.15, 0.2) is 0 Å². The summed E-state index contributed by atoms with van der Waals surface area (Å²) in [5.74, 6) is 0.122. The van der Waals surface area contributed by atoms with E-state index in [1.165, 1.54) is 12.1 Å². The van der Waals surface area contributed by atoms with Crippen LogP contribution >= 0.6 is 0 Å². The average molecular weight is 201 g/mol. The zero-order chi connectivity index (χ0) is 10.3. The molecule has 2 atom stereocenters. The summed E-state index contributed by atoms with van der Waals surface area (Å²) < 4.78 is 37.0. The van der Waals surface area contributed by atoms with Gasteiger partial charge in [0.2, 0.25) is 0 Å². The molecule has 1 aliphatic carbocycles. The Kier molecular flexibility index (Phi) is 2.03. The molecule has 76 valence electrons. The van der Waals surface area contributed by atoms with E-state index in [4.69, 9.17) is 5.73 Å². The lowest BCUT2D eigenvalue weighted by Crippen LogP contribution is -2.06. The molecule has 2 N–H and O–H groups in total. The van der Waals surface area contributed by atoms with Crippen LogP contribution in [0, 0.1) is 0 Å². The fourth-order valence-electron chi connectivity index (χ4n) is 1.54. The quantitative estimate of drug-likeness (QED) is 0.742. The molecule has 14 heavy (non-hydrogen) atoms. The zero-order valence-electron chi connectivity index (χ0n) is 7.38. The van der Waals surface area contributed by atoms with E-state index in [1.54, 1.807) is 6.07 Å². The molecule has 4 heteroatoms. The summed E-state index contributed by atoms with van der Waals surface area (Å²) >= 11 is 0. The summed E-state index contributed by atoms with van der Waals surface area (Å²) in [5.41, 5.74) is 5.69. The van der Waals surface area contributed by atoms with E-state index in [1.807, 2.05) is 0 Å². The Morgan fingerprint density at radius 2 is 1.93 bits per heavy atom. The highest BCUT2D eigenvalue weighted by atomic mass is 19.4. The SMILES string of the molecule is NC1CC1c1cccc(C(F)(F)F)c1. The molecule has 1 aliphatic rings. The van der Waals surface area contributed by atoms with Gasteiger partial charge in [0.05, 0.1) is 5.56 Å². The first-order valence-corrected chi connectivity index (χ1v) is 4.41. The third-order valence-corrected chi connectivity index (χ3v) is 2.48. The minimum Gasteiger partial charge on any atom is -0.327 e. The topological polar surface area (TPSA) is 26.0 Å². The Morgan fingerprint density at radius 3 is 2.43 bits per heavy atom. The Balaban J connectivity index is 2.28. The molecule has 0 aromatic heterocycles. The van der Waals surface area contributed by atoms with Gasteiger partial charge < -0.3 is 5.73 Å². The lowest BCUT2D eigenvalue weighted by Gasteiger charge is -2.07. The molecule has 1 aromatic rings. The molecule has 0 spiro atoms. The number of halogens is 3. The van der Waals surface area contributed by atoms with Crippen molar-refractivity contribution in [3.63, 3.8) is 0 Å². The third kappa shape index (κ3) is 1.75. The molecular formula is C10H10F3N. The molecule has 0 radical (unpaired) electrons. The van der Waals surface area contributed by atoms with Crippen molar-refractivity contribution in [3.8, 4) is 0 Å². The van der Waals surface area contributed by atoms with Crippen molar-refractivity contribution in [3.05, 3.63) is 35.4 Å². The van der Waals surface area contributed by atoms with E-state index in [2.05, 4.69) is 0 Å². The van der Waals surface area contributed by atoms with Crippen LogP contribution in [0.2, 0.25) is 0 Å². The molecule has 1 saturated carbocycles. The van der Waals surface area contributed by atoms with Crippen LogP contribution in [0.15, 0.2) is 24.3 Å². The van der Waals surface area contributed by atoms with Crippen LogP contribution < -0.4 is 5.73 Å². The number of hydrogen-bond donors (Lipinski definition) is 1. The Morgan fingerprint density at radius 1 is 1.29 bits per heavy atom. The van der Waals surface area contributed by atoms with Gasteiger partial charge in [0.1, 0.15) is 0 Å². The molecule has 0 heterocycles. The molecule has 0 amide bonds. The number of hydrogen-bond acceptors (Lipinski definition) is 1. The van der Waals surface area contributed by atoms with E-state index >= 15 is 0 Å². The van der Waals surface area contributed by atoms with Crippen LogP contribution in [0.25, 0.3) is 0 Å². The normalized spacial score (nSPS) is 26.3. The largest absolute Gasteiger partial charge is 0.416 e. The van der Waals surface area contributed by atoms with Gasteiger partial charge in [-0.1, -0.05) is 18.2 Å². The lowest BCUT2D eigenvalue weighted by molar-refractivity contribution is -0.137. The van der Waals surface area contributed by atoms with Crippen LogP contribution in [0.1, 0.15) is 23.5 Å². The second-order valence-electron chi connectivity index (χ2n) is 3.63. The number of benzene rings is 1. The van der Waals surface area contributed by atoms with Crippen LogP contribution in [0.4, 0.5) is 13.2 Å². The van der Waals surface area contributed by atoms with Crippen molar-refractivity contribution in [1.29, 1.82) is 0 Å². The van der Waals surface area contributed by atoms with Gasteiger partial charge in [0.25, 0.3) is 0 Å². The molecule has 1 nitrogen and oxygen atoms in total. The third-order valence-electron chi connectivity index (χ3n) is 2.48. The first kappa shape index (κ1) is 9.52. The maximum atomic E-state index is 12.3. The van der Waals surface area contributed by atoms with Crippen LogP contribution in [-0.4, -0.2) is 6.04 Å². The van der Waals surface area contributed by atoms with E-state index in [0.29, 0.717) is 5.56 Å². The van der Waals surface area contributed by atoms with E-state index in [-0.39, 0.29) is 12.0 Å². The summed E-state index contributed by atoms with van der Waals surface area (Å²) in [4.78, 5) is 0. The first-order valence-electron chi connectivity index (χ1n) is 4.41. The summed E-state index contributed by atoms with van der Waals surface area (Å²) in [5, 5.41) is 0. The summed E-state index contributed by atoms with van der Waals surface area (Å²) in [7, 11) is 0. The van der Waals surface area contributed by atoms with E-state index in [0.717, 1.165) is 12.5 Å². The Bertz CT molecular complexity index is 345. The fourth-order valence-corrected chi connectivity index (χ4v) is 1.54. The van der Waals surface area contributed by atoms with Crippen molar-refractivity contribution in [1.82, 2.24) is 0 Å². The van der Waals surface area contributed by atoms with Gasteiger partial charge in [-0.2, -0.15) is 13.2 Å².